The molecule has 0 aromatic carbocycles. The first-order valence-corrected chi connectivity index (χ1v) is 7.12. The number of nitrogens with two attached hydrogens (primary N) is 1. The molecule has 1 aromatic rings. The van der Waals surface area contributed by atoms with Gasteiger partial charge in [-0.25, -0.2) is 0 Å². The van der Waals surface area contributed by atoms with Crippen molar-refractivity contribution < 1.29 is 0 Å². The molecule has 0 radical (unpaired) electrons. The fourth-order valence-corrected chi connectivity index (χ4v) is 2.23. The molecule has 0 amide bonds. The molecule has 0 saturated carbocycles. The third-order valence-corrected chi connectivity index (χ3v) is 3.78. The molecule has 4 heteroatoms. The average molecular weight is 252 g/mol. The zero-order chi connectivity index (χ0) is 13.5. The fourth-order valence-electron chi connectivity index (χ4n) is 2.23. The Kier molecular flexibility index (Phi) is 6.36. The van der Waals surface area contributed by atoms with Gasteiger partial charge in [0.2, 0.25) is 0 Å². The minimum absolute atomic E-state index is 0.310. The van der Waals surface area contributed by atoms with Crippen LogP contribution in [0.5, 0.6) is 0 Å². The third kappa shape index (κ3) is 4.10. The molecule has 1 heterocycles. The molecule has 0 bridgehead atoms. The van der Waals surface area contributed by atoms with Crippen molar-refractivity contribution in [2.24, 2.45) is 11.8 Å². The molecule has 1 rings (SSSR count). The van der Waals surface area contributed by atoms with Gasteiger partial charge in [-0.1, -0.05) is 27.2 Å². The second-order valence-electron chi connectivity index (χ2n) is 5.29. The van der Waals surface area contributed by atoms with Gasteiger partial charge >= 0.3 is 0 Å². The lowest BCUT2D eigenvalue weighted by Gasteiger charge is -2.22. The molecule has 3 N–H and O–H groups in total. The molecule has 18 heavy (non-hydrogen) atoms. The van der Waals surface area contributed by atoms with Crippen LogP contribution in [0.15, 0.2) is 12.3 Å². The molecule has 3 atom stereocenters. The van der Waals surface area contributed by atoms with Crippen LogP contribution in [0.25, 0.3) is 0 Å². The maximum absolute atomic E-state index is 5.66. The molecule has 4 nitrogen and oxygen atoms in total. The predicted molar refractivity (Wildman–Crippen MR) is 76.1 cm³/mol. The van der Waals surface area contributed by atoms with Gasteiger partial charge in [0.15, 0.2) is 0 Å². The molecule has 3 unspecified atom stereocenters. The van der Waals surface area contributed by atoms with Gasteiger partial charge in [-0.2, -0.15) is 5.10 Å². The molecule has 1 aromatic heterocycles. The molecule has 0 aliphatic rings. The highest BCUT2D eigenvalue weighted by molar-refractivity contribution is 5.02. The van der Waals surface area contributed by atoms with Crippen LogP contribution in [0, 0.1) is 5.92 Å². The van der Waals surface area contributed by atoms with E-state index in [0.717, 1.165) is 18.5 Å². The van der Waals surface area contributed by atoms with E-state index in [4.69, 9.17) is 5.84 Å². The van der Waals surface area contributed by atoms with Crippen molar-refractivity contribution in [2.75, 3.05) is 0 Å². The first-order valence-electron chi connectivity index (χ1n) is 7.12. The van der Waals surface area contributed by atoms with E-state index in [2.05, 4.69) is 50.5 Å². The second kappa shape index (κ2) is 7.54. The summed E-state index contributed by atoms with van der Waals surface area (Å²) in [5.41, 5.74) is 4.06. The molecule has 0 saturated heterocycles. The van der Waals surface area contributed by atoms with Crippen molar-refractivity contribution in [3.63, 3.8) is 0 Å². The summed E-state index contributed by atoms with van der Waals surface area (Å²) in [6.45, 7) is 8.83. The van der Waals surface area contributed by atoms with E-state index < -0.39 is 0 Å². The van der Waals surface area contributed by atoms with E-state index in [0.29, 0.717) is 18.0 Å². The van der Waals surface area contributed by atoms with Gasteiger partial charge in [0, 0.05) is 24.7 Å². The SMILES string of the molecule is CCCC(C)C(Cc1ccn(C(C)CC)n1)NN. The summed E-state index contributed by atoms with van der Waals surface area (Å²) >= 11 is 0. The van der Waals surface area contributed by atoms with Gasteiger partial charge in [0.1, 0.15) is 0 Å². The topological polar surface area (TPSA) is 55.9 Å². The number of rotatable bonds is 8. The number of nitrogens with one attached hydrogen (secondary N) is 1. The molecule has 0 aliphatic carbocycles. The van der Waals surface area contributed by atoms with Gasteiger partial charge in [-0.15, -0.1) is 0 Å². The highest BCUT2D eigenvalue weighted by Crippen LogP contribution is 2.15. The van der Waals surface area contributed by atoms with Crippen LogP contribution in [0.4, 0.5) is 0 Å². The van der Waals surface area contributed by atoms with Crippen molar-refractivity contribution in [2.45, 2.75) is 65.5 Å². The smallest absolute Gasteiger partial charge is 0.0640 e. The molecular formula is C14H28N4. The van der Waals surface area contributed by atoms with Gasteiger partial charge in [0.05, 0.1) is 5.69 Å². The number of hydrazine groups is 1. The van der Waals surface area contributed by atoms with Crippen LogP contribution in [-0.2, 0) is 6.42 Å². The highest BCUT2D eigenvalue weighted by atomic mass is 15.3. The highest BCUT2D eigenvalue weighted by Gasteiger charge is 2.17. The van der Waals surface area contributed by atoms with Crippen molar-refractivity contribution in [3.05, 3.63) is 18.0 Å². The van der Waals surface area contributed by atoms with Crippen LogP contribution in [0.2, 0.25) is 0 Å². The lowest BCUT2D eigenvalue weighted by atomic mass is 9.94. The Balaban J connectivity index is 2.61. The normalized spacial score (nSPS) is 16.5. The van der Waals surface area contributed by atoms with E-state index in [-0.39, 0.29) is 0 Å². The Morgan fingerprint density at radius 2 is 2.11 bits per heavy atom. The van der Waals surface area contributed by atoms with Gasteiger partial charge in [0.25, 0.3) is 0 Å². The summed E-state index contributed by atoms with van der Waals surface area (Å²) in [6, 6.07) is 2.89. The van der Waals surface area contributed by atoms with Gasteiger partial charge in [-0.3, -0.25) is 16.0 Å². The van der Waals surface area contributed by atoms with E-state index in [1.54, 1.807) is 0 Å². The minimum atomic E-state index is 0.310. The Morgan fingerprint density at radius 3 is 2.67 bits per heavy atom. The van der Waals surface area contributed by atoms with E-state index in [9.17, 15) is 0 Å². The summed E-state index contributed by atoms with van der Waals surface area (Å²) in [7, 11) is 0. The number of nitrogens with zero attached hydrogens (tertiary/aromatic N) is 2. The van der Waals surface area contributed by atoms with E-state index >= 15 is 0 Å². The fraction of sp³-hybridized carbons (Fsp3) is 0.786. The van der Waals surface area contributed by atoms with Crippen molar-refractivity contribution >= 4 is 0 Å². The third-order valence-electron chi connectivity index (χ3n) is 3.78. The van der Waals surface area contributed by atoms with Crippen LogP contribution in [0.1, 0.15) is 58.7 Å². The maximum atomic E-state index is 5.66. The monoisotopic (exact) mass is 252 g/mol. The summed E-state index contributed by atoms with van der Waals surface area (Å²) < 4.78 is 2.05. The Bertz CT molecular complexity index is 334. The lowest BCUT2D eigenvalue weighted by molar-refractivity contribution is 0.352. The zero-order valence-electron chi connectivity index (χ0n) is 12.2. The first-order chi connectivity index (χ1) is 8.62. The lowest BCUT2D eigenvalue weighted by Crippen LogP contribution is -2.41. The number of aromatic nitrogens is 2. The first kappa shape index (κ1) is 15.2. The second-order valence-corrected chi connectivity index (χ2v) is 5.29. The quantitative estimate of drug-likeness (QED) is 0.552. The van der Waals surface area contributed by atoms with Gasteiger partial charge < -0.3 is 0 Å². The largest absolute Gasteiger partial charge is 0.271 e. The van der Waals surface area contributed by atoms with Crippen LogP contribution < -0.4 is 11.3 Å². The van der Waals surface area contributed by atoms with E-state index in [1.165, 1.54) is 12.8 Å². The summed E-state index contributed by atoms with van der Waals surface area (Å²) in [6.07, 6.45) is 6.47. The van der Waals surface area contributed by atoms with E-state index in [1.807, 2.05) is 4.68 Å². The molecule has 104 valence electrons. The molecule has 0 aliphatic heterocycles. The molecular weight excluding hydrogens is 224 g/mol. The minimum Gasteiger partial charge on any atom is -0.271 e. The Hall–Kier alpha value is -0.870. The van der Waals surface area contributed by atoms with Crippen LogP contribution in [0.3, 0.4) is 0 Å². The Labute approximate surface area is 111 Å². The van der Waals surface area contributed by atoms with Crippen LogP contribution >= 0.6 is 0 Å². The predicted octanol–water partition coefficient (Wildman–Crippen LogP) is 2.66. The number of hydrogen-bond acceptors (Lipinski definition) is 3. The Morgan fingerprint density at radius 1 is 1.39 bits per heavy atom. The number of hydrogen-bond donors (Lipinski definition) is 2. The average Bonchev–Trinajstić information content (AvgIpc) is 2.83. The summed E-state index contributed by atoms with van der Waals surface area (Å²) in [5.74, 6) is 6.24. The molecule has 0 spiro atoms. The standard InChI is InChI=1S/C14H28N4/c1-5-7-11(3)14(16-15)10-13-8-9-18(17-13)12(4)6-2/h8-9,11-12,14,16H,5-7,10,15H2,1-4H3. The summed E-state index contributed by atoms with van der Waals surface area (Å²) in [5, 5.41) is 4.63. The van der Waals surface area contributed by atoms with Crippen molar-refractivity contribution in [3.8, 4) is 0 Å². The maximum Gasteiger partial charge on any atom is 0.0640 e. The summed E-state index contributed by atoms with van der Waals surface area (Å²) in [4.78, 5) is 0. The van der Waals surface area contributed by atoms with Crippen molar-refractivity contribution in [1.29, 1.82) is 0 Å². The zero-order valence-corrected chi connectivity index (χ0v) is 12.2. The van der Waals surface area contributed by atoms with Crippen LogP contribution in [-0.4, -0.2) is 15.8 Å². The molecule has 0 fully saturated rings. The van der Waals surface area contributed by atoms with Crippen molar-refractivity contribution in [1.82, 2.24) is 15.2 Å². The van der Waals surface area contributed by atoms with Gasteiger partial charge in [-0.05, 0) is 31.7 Å².